The predicted molar refractivity (Wildman–Crippen MR) is 66.5 cm³/mol. The van der Waals surface area contributed by atoms with Crippen LogP contribution in [0.15, 0.2) is 6.07 Å². The van der Waals surface area contributed by atoms with E-state index >= 15 is 0 Å². The molecule has 88 valence electrons. The minimum Gasteiger partial charge on any atom is -0.370 e. The number of anilines is 3. The van der Waals surface area contributed by atoms with E-state index in [4.69, 9.17) is 5.73 Å². The monoisotopic (exact) mass is 221 g/mol. The van der Waals surface area contributed by atoms with Crippen molar-refractivity contribution in [2.24, 2.45) is 0 Å². The van der Waals surface area contributed by atoms with E-state index in [2.05, 4.69) is 34.4 Å². The van der Waals surface area contributed by atoms with Crippen molar-refractivity contribution in [2.75, 3.05) is 22.9 Å². The molecule has 4 N–H and O–H groups in total. The third-order valence-electron chi connectivity index (χ3n) is 2.73. The van der Waals surface area contributed by atoms with Gasteiger partial charge in [-0.2, -0.15) is 9.97 Å². The van der Waals surface area contributed by atoms with Gasteiger partial charge in [0.05, 0.1) is 0 Å². The standard InChI is InChI=1S/C11H19N5/c1-3-6-13-8-7-9(15-10(12)14-8)16-11(2)4-5-11/h7H,3-6H2,1-2H3,(H4,12,13,14,15,16). The van der Waals surface area contributed by atoms with Gasteiger partial charge in [0, 0.05) is 18.2 Å². The summed E-state index contributed by atoms with van der Waals surface area (Å²) in [7, 11) is 0. The summed E-state index contributed by atoms with van der Waals surface area (Å²) in [6, 6.07) is 1.91. The molecule has 1 aromatic rings. The van der Waals surface area contributed by atoms with Gasteiger partial charge in [-0.3, -0.25) is 0 Å². The second-order valence-electron chi connectivity index (χ2n) is 4.61. The van der Waals surface area contributed by atoms with Crippen LogP contribution in [0.25, 0.3) is 0 Å². The van der Waals surface area contributed by atoms with Crippen molar-refractivity contribution in [3.63, 3.8) is 0 Å². The van der Waals surface area contributed by atoms with Crippen LogP contribution in [0.1, 0.15) is 33.1 Å². The van der Waals surface area contributed by atoms with Gasteiger partial charge in [-0.25, -0.2) is 0 Å². The fourth-order valence-corrected chi connectivity index (χ4v) is 1.50. The minimum absolute atomic E-state index is 0.211. The van der Waals surface area contributed by atoms with Crippen LogP contribution in [0.3, 0.4) is 0 Å². The van der Waals surface area contributed by atoms with Crippen molar-refractivity contribution in [1.82, 2.24) is 9.97 Å². The summed E-state index contributed by atoms with van der Waals surface area (Å²) in [5.41, 5.74) is 5.88. The topological polar surface area (TPSA) is 75.9 Å². The summed E-state index contributed by atoms with van der Waals surface area (Å²) in [5, 5.41) is 6.59. The Bertz CT molecular complexity index is 373. The largest absolute Gasteiger partial charge is 0.370 e. The number of nitrogens with one attached hydrogen (secondary N) is 2. The van der Waals surface area contributed by atoms with Crippen LogP contribution in [-0.2, 0) is 0 Å². The van der Waals surface area contributed by atoms with Gasteiger partial charge < -0.3 is 16.4 Å². The summed E-state index contributed by atoms with van der Waals surface area (Å²) >= 11 is 0. The predicted octanol–water partition coefficient (Wildman–Crippen LogP) is 1.85. The van der Waals surface area contributed by atoms with Gasteiger partial charge in [-0.1, -0.05) is 6.92 Å². The Balaban J connectivity index is 2.08. The maximum atomic E-state index is 5.67. The molecule has 2 rings (SSSR count). The Labute approximate surface area is 95.9 Å². The number of nitrogens with zero attached hydrogens (tertiary/aromatic N) is 2. The minimum atomic E-state index is 0.211. The molecule has 16 heavy (non-hydrogen) atoms. The lowest BCUT2D eigenvalue weighted by atomic mass is 10.3. The normalized spacial score (nSPS) is 16.9. The molecular formula is C11H19N5. The maximum absolute atomic E-state index is 5.67. The van der Waals surface area contributed by atoms with Crippen LogP contribution in [-0.4, -0.2) is 22.1 Å². The number of nitrogen functional groups attached to an aromatic ring is 1. The lowest BCUT2D eigenvalue weighted by Gasteiger charge is -2.13. The molecule has 0 unspecified atom stereocenters. The second-order valence-corrected chi connectivity index (χ2v) is 4.61. The number of rotatable bonds is 5. The first-order valence-electron chi connectivity index (χ1n) is 5.78. The molecule has 1 aliphatic rings. The van der Waals surface area contributed by atoms with Crippen molar-refractivity contribution in [3.8, 4) is 0 Å². The average Bonchev–Trinajstić information content (AvgIpc) is 2.92. The molecule has 0 aromatic carbocycles. The summed E-state index contributed by atoms with van der Waals surface area (Å²) in [4.78, 5) is 8.32. The van der Waals surface area contributed by atoms with Gasteiger partial charge >= 0.3 is 0 Å². The molecule has 5 nitrogen and oxygen atoms in total. The fraction of sp³-hybridized carbons (Fsp3) is 0.636. The SMILES string of the molecule is CCCNc1cc(NC2(C)CC2)nc(N)n1. The quantitative estimate of drug-likeness (QED) is 0.707. The zero-order chi connectivity index (χ0) is 11.6. The van der Waals surface area contributed by atoms with Crippen molar-refractivity contribution in [2.45, 2.75) is 38.6 Å². The van der Waals surface area contributed by atoms with Crippen LogP contribution in [0, 0.1) is 0 Å². The Morgan fingerprint density at radius 1 is 1.38 bits per heavy atom. The Morgan fingerprint density at radius 2 is 2.06 bits per heavy atom. The van der Waals surface area contributed by atoms with E-state index in [1.165, 1.54) is 12.8 Å². The first kappa shape index (κ1) is 11.0. The Hall–Kier alpha value is -1.52. The molecule has 0 bridgehead atoms. The highest BCUT2D eigenvalue weighted by molar-refractivity contribution is 5.52. The van der Waals surface area contributed by atoms with Crippen molar-refractivity contribution in [1.29, 1.82) is 0 Å². The number of hydrogen-bond acceptors (Lipinski definition) is 5. The van der Waals surface area contributed by atoms with Crippen LogP contribution in [0.5, 0.6) is 0 Å². The summed E-state index contributed by atoms with van der Waals surface area (Å²) < 4.78 is 0. The highest BCUT2D eigenvalue weighted by Gasteiger charge is 2.37. The molecule has 0 atom stereocenters. The summed E-state index contributed by atoms with van der Waals surface area (Å²) in [6.07, 6.45) is 3.44. The van der Waals surface area contributed by atoms with Gasteiger partial charge in [0.15, 0.2) is 0 Å². The van der Waals surface area contributed by atoms with Crippen molar-refractivity contribution < 1.29 is 0 Å². The third-order valence-corrected chi connectivity index (χ3v) is 2.73. The van der Waals surface area contributed by atoms with Crippen molar-refractivity contribution in [3.05, 3.63) is 6.07 Å². The smallest absolute Gasteiger partial charge is 0.223 e. The molecular weight excluding hydrogens is 202 g/mol. The molecule has 0 saturated heterocycles. The molecule has 0 radical (unpaired) electrons. The van der Waals surface area contributed by atoms with Gasteiger partial charge in [0.25, 0.3) is 0 Å². The van der Waals surface area contributed by atoms with Gasteiger partial charge in [-0.15, -0.1) is 0 Å². The summed E-state index contributed by atoms with van der Waals surface area (Å²) in [5.74, 6) is 1.92. The molecule has 1 aromatic heterocycles. The molecule has 1 saturated carbocycles. The number of hydrogen-bond donors (Lipinski definition) is 3. The molecule has 1 heterocycles. The fourth-order valence-electron chi connectivity index (χ4n) is 1.50. The maximum Gasteiger partial charge on any atom is 0.223 e. The van der Waals surface area contributed by atoms with E-state index in [1.54, 1.807) is 0 Å². The van der Waals surface area contributed by atoms with Crippen LogP contribution in [0.4, 0.5) is 17.6 Å². The van der Waals surface area contributed by atoms with Crippen LogP contribution in [0.2, 0.25) is 0 Å². The molecule has 0 spiro atoms. The Morgan fingerprint density at radius 3 is 2.69 bits per heavy atom. The number of aromatic nitrogens is 2. The average molecular weight is 221 g/mol. The van der Waals surface area contributed by atoms with E-state index < -0.39 is 0 Å². The zero-order valence-electron chi connectivity index (χ0n) is 9.88. The van der Waals surface area contributed by atoms with Gasteiger partial charge in [0.1, 0.15) is 11.6 Å². The van der Waals surface area contributed by atoms with E-state index in [9.17, 15) is 0 Å². The highest BCUT2D eigenvalue weighted by Crippen LogP contribution is 2.37. The van der Waals surface area contributed by atoms with Gasteiger partial charge in [-0.05, 0) is 26.2 Å². The summed E-state index contributed by atoms with van der Waals surface area (Å²) in [6.45, 7) is 5.19. The van der Waals surface area contributed by atoms with E-state index in [-0.39, 0.29) is 5.54 Å². The van der Waals surface area contributed by atoms with Crippen molar-refractivity contribution >= 4 is 17.6 Å². The van der Waals surface area contributed by atoms with Gasteiger partial charge in [0.2, 0.25) is 5.95 Å². The molecule has 1 fully saturated rings. The van der Waals surface area contributed by atoms with E-state index in [0.717, 1.165) is 24.6 Å². The first-order valence-corrected chi connectivity index (χ1v) is 5.78. The number of nitrogens with two attached hydrogens (primary N) is 1. The first-order chi connectivity index (χ1) is 7.61. The highest BCUT2D eigenvalue weighted by atomic mass is 15.2. The molecule has 1 aliphatic carbocycles. The lowest BCUT2D eigenvalue weighted by molar-refractivity contribution is 0.820. The molecule has 0 amide bonds. The van der Waals surface area contributed by atoms with Crippen LogP contribution < -0.4 is 16.4 Å². The Kier molecular flexibility index (Phi) is 2.85. The molecule has 0 aliphatic heterocycles. The lowest BCUT2D eigenvalue weighted by Crippen LogP contribution is -2.18. The third kappa shape index (κ3) is 2.74. The molecule has 5 heteroatoms. The van der Waals surface area contributed by atoms with E-state index in [1.807, 2.05) is 6.07 Å². The second kappa shape index (κ2) is 4.15. The zero-order valence-corrected chi connectivity index (χ0v) is 9.88. The van der Waals surface area contributed by atoms with E-state index in [0.29, 0.717) is 5.95 Å². The van der Waals surface area contributed by atoms with Crippen LogP contribution >= 0.6 is 0 Å².